The molecule has 0 aliphatic rings. The van der Waals surface area contributed by atoms with Crippen LogP contribution < -0.4 is 10.1 Å². The maximum absolute atomic E-state index is 13.7. The Kier molecular flexibility index (Phi) is 6.49. The Labute approximate surface area is 173 Å². The number of rotatable bonds is 7. The van der Waals surface area contributed by atoms with Gasteiger partial charge in [-0.05, 0) is 42.8 Å². The Morgan fingerprint density at radius 2 is 1.94 bits per heavy atom. The highest BCUT2D eigenvalue weighted by Crippen LogP contribution is 2.33. The van der Waals surface area contributed by atoms with Crippen molar-refractivity contribution in [1.29, 1.82) is 5.26 Å². The van der Waals surface area contributed by atoms with E-state index in [0.717, 1.165) is 24.3 Å². The van der Waals surface area contributed by atoms with Gasteiger partial charge in [-0.25, -0.2) is 9.07 Å². The second kappa shape index (κ2) is 9.25. The number of carbonyl (C=O) groups is 1. The first-order valence-electron chi connectivity index (χ1n) is 8.99. The Balaban J connectivity index is 1.84. The number of benzene rings is 2. The van der Waals surface area contributed by atoms with Crippen molar-refractivity contribution < 1.29 is 27.1 Å². The third kappa shape index (κ3) is 5.36. The maximum atomic E-state index is 13.7. The molecule has 0 unspecified atom stereocenters. The molecule has 0 saturated carbocycles. The number of ether oxygens (including phenoxy) is 1. The molecule has 0 atom stereocenters. The molecule has 7 nitrogen and oxygen atoms in total. The molecule has 0 radical (unpaired) electrons. The predicted molar refractivity (Wildman–Crippen MR) is 101 cm³/mol. The Morgan fingerprint density at radius 3 is 2.61 bits per heavy atom. The standard InChI is InChI=1S/C20H15F4N5O2/c21-13-6-8-15(9-7-13)29-18(20(22,23)24)17(27-28-29)19(30)26-14-4-3-5-16(12-14)31-11-2-1-10-25/h3-9,12H,1-2,11H2,(H,26,30). The quantitative estimate of drug-likeness (QED) is 0.442. The minimum absolute atomic E-state index is 0.104. The number of unbranched alkanes of at least 4 members (excludes halogenated alkanes) is 1. The number of halogens is 4. The third-order valence-corrected chi connectivity index (χ3v) is 4.02. The first kappa shape index (κ1) is 21.8. The number of nitriles is 1. The lowest BCUT2D eigenvalue weighted by atomic mass is 10.2. The van der Waals surface area contributed by atoms with Gasteiger partial charge in [0, 0.05) is 18.2 Å². The van der Waals surface area contributed by atoms with E-state index in [1.54, 1.807) is 12.1 Å². The number of hydrogen-bond donors (Lipinski definition) is 1. The molecule has 11 heteroatoms. The van der Waals surface area contributed by atoms with Crippen molar-refractivity contribution in [2.45, 2.75) is 19.0 Å². The number of alkyl halides is 3. The average molecular weight is 433 g/mol. The number of nitrogens with zero attached hydrogens (tertiary/aromatic N) is 4. The summed E-state index contributed by atoms with van der Waals surface area (Å²) in [4.78, 5) is 12.5. The Morgan fingerprint density at radius 1 is 1.19 bits per heavy atom. The van der Waals surface area contributed by atoms with E-state index in [-0.39, 0.29) is 18.0 Å². The van der Waals surface area contributed by atoms with Gasteiger partial charge in [0.05, 0.1) is 18.4 Å². The summed E-state index contributed by atoms with van der Waals surface area (Å²) in [6.07, 6.45) is -4.12. The van der Waals surface area contributed by atoms with Crippen LogP contribution in [0, 0.1) is 17.1 Å². The van der Waals surface area contributed by atoms with Crippen LogP contribution in [-0.4, -0.2) is 27.5 Å². The first-order valence-corrected chi connectivity index (χ1v) is 8.99. The molecule has 0 saturated heterocycles. The number of carbonyl (C=O) groups excluding carboxylic acids is 1. The highest BCUT2D eigenvalue weighted by molar-refractivity contribution is 6.03. The summed E-state index contributed by atoms with van der Waals surface area (Å²) in [6, 6.07) is 12.2. The van der Waals surface area contributed by atoms with Gasteiger partial charge < -0.3 is 10.1 Å². The van der Waals surface area contributed by atoms with Crippen LogP contribution in [0.15, 0.2) is 48.5 Å². The maximum Gasteiger partial charge on any atom is 0.435 e. The van der Waals surface area contributed by atoms with E-state index in [1.165, 1.54) is 12.1 Å². The van der Waals surface area contributed by atoms with E-state index < -0.39 is 29.3 Å². The average Bonchev–Trinajstić information content (AvgIpc) is 3.18. The Hall–Kier alpha value is -3.94. The molecular weight excluding hydrogens is 418 g/mol. The number of anilines is 1. The summed E-state index contributed by atoms with van der Waals surface area (Å²) < 4.78 is 60.0. The fourth-order valence-electron chi connectivity index (χ4n) is 2.65. The van der Waals surface area contributed by atoms with E-state index in [9.17, 15) is 22.4 Å². The number of hydrogen-bond acceptors (Lipinski definition) is 5. The van der Waals surface area contributed by atoms with Gasteiger partial charge in [0.15, 0.2) is 11.4 Å². The molecule has 3 aromatic rings. The van der Waals surface area contributed by atoms with Gasteiger partial charge in [-0.3, -0.25) is 4.79 Å². The molecule has 3 rings (SSSR count). The highest BCUT2D eigenvalue weighted by Gasteiger charge is 2.42. The van der Waals surface area contributed by atoms with E-state index in [1.807, 2.05) is 6.07 Å². The summed E-state index contributed by atoms with van der Waals surface area (Å²) in [7, 11) is 0. The van der Waals surface area contributed by atoms with Crippen LogP contribution in [0.2, 0.25) is 0 Å². The van der Waals surface area contributed by atoms with Gasteiger partial charge in [0.25, 0.3) is 5.91 Å². The second-order valence-corrected chi connectivity index (χ2v) is 6.26. The lowest BCUT2D eigenvalue weighted by Gasteiger charge is -2.12. The fraction of sp³-hybridized carbons (Fsp3) is 0.200. The zero-order valence-corrected chi connectivity index (χ0v) is 15.9. The summed E-state index contributed by atoms with van der Waals surface area (Å²) in [5.74, 6) is -1.38. The molecule has 1 heterocycles. The van der Waals surface area contributed by atoms with Crippen molar-refractivity contribution >= 4 is 11.6 Å². The van der Waals surface area contributed by atoms with Gasteiger partial charge in [-0.1, -0.05) is 11.3 Å². The Bertz CT molecular complexity index is 1100. The zero-order chi connectivity index (χ0) is 22.4. The largest absolute Gasteiger partial charge is 0.493 e. The molecule has 31 heavy (non-hydrogen) atoms. The molecule has 0 spiro atoms. The van der Waals surface area contributed by atoms with Crippen LogP contribution in [-0.2, 0) is 6.18 Å². The monoisotopic (exact) mass is 433 g/mol. The van der Waals surface area contributed by atoms with Gasteiger partial charge in [0.1, 0.15) is 11.6 Å². The molecule has 0 aliphatic carbocycles. The SMILES string of the molecule is N#CCCCOc1cccc(NC(=O)c2nnn(-c3ccc(F)cc3)c2C(F)(F)F)c1. The van der Waals surface area contributed by atoms with Gasteiger partial charge in [-0.15, -0.1) is 5.10 Å². The van der Waals surface area contributed by atoms with Crippen molar-refractivity contribution in [1.82, 2.24) is 15.0 Å². The van der Waals surface area contributed by atoms with Crippen molar-refractivity contribution in [3.8, 4) is 17.5 Å². The molecule has 160 valence electrons. The summed E-state index contributed by atoms with van der Waals surface area (Å²) in [5.41, 5.74) is -2.24. The van der Waals surface area contributed by atoms with E-state index in [4.69, 9.17) is 10.00 Å². The number of nitrogens with one attached hydrogen (secondary N) is 1. The molecule has 1 aromatic heterocycles. The summed E-state index contributed by atoms with van der Waals surface area (Å²) in [6.45, 7) is 0.273. The van der Waals surface area contributed by atoms with Crippen LogP contribution in [0.3, 0.4) is 0 Å². The number of aromatic nitrogens is 3. The highest BCUT2D eigenvalue weighted by atomic mass is 19.4. The lowest BCUT2D eigenvalue weighted by molar-refractivity contribution is -0.143. The van der Waals surface area contributed by atoms with Crippen LogP contribution in [0.25, 0.3) is 5.69 Å². The summed E-state index contributed by atoms with van der Waals surface area (Å²) >= 11 is 0. The molecule has 0 fully saturated rings. The smallest absolute Gasteiger partial charge is 0.435 e. The fourth-order valence-corrected chi connectivity index (χ4v) is 2.65. The van der Waals surface area contributed by atoms with E-state index in [2.05, 4.69) is 15.6 Å². The van der Waals surface area contributed by atoms with E-state index >= 15 is 0 Å². The van der Waals surface area contributed by atoms with Gasteiger partial charge >= 0.3 is 6.18 Å². The van der Waals surface area contributed by atoms with Crippen molar-refractivity contribution in [2.24, 2.45) is 0 Å². The van der Waals surface area contributed by atoms with E-state index in [0.29, 0.717) is 23.3 Å². The number of amides is 1. The zero-order valence-electron chi connectivity index (χ0n) is 15.9. The topological polar surface area (TPSA) is 92.8 Å². The lowest BCUT2D eigenvalue weighted by Crippen LogP contribution is -2.21. The second-order valence-electron chi connectivity index (χ2n) is 6.26. The predicted octanol–water partition coefficient (Wildman–Crippen LogP) is 4.36. The molecule has 1 amide bonds. The van der Waals surface area contributed by atoms with Crippen LogP contribution >= 0.6 is 0 Å². The summed E-state index contributed by atoms with van der Waals surface area (Å²) in [5, 5.41) is 17.7. The normalized spacial score (nSPS) is 11.1. The molecule has 0 aliphatic heterocycles. The molecule has 2 aromatic carbocycles. The van der Waals surface area contributed by atoms with Crippen LogP contribution in [0.5, 0.6) is 5.75 Å². The molecule has 0 bridgehead atoms. The van der Waals surface area contributed by atoms with Gasteiger partial charge in [0.2, 0.25) is 0 Å². The van der Waals surface area contributed by atoms with Crippen molar-refractivity contribution in [3.05, 3.63) is 65.7 Å². The molecular formula is C20H15F4N5O2. The van der Waals surface area contributed by atoms with Crippen LogP contribution in [0.1, 0.15) is 29.0 Å². The van der Waals surface area contributed by atoms with Crippen LogP contribution in [0.4, 0.5) is 23.2 Å². The minimum atomic E-state index is -4.95. The molecule has 1 N–H and O–H groups in total. The van der Waals surface area contributed by atoms with Gasteiger partial charge in [-0.2, -0.15) is 18.4 Å². The minimum Gasteiger partial charge on any atom is -0.493 e. The first-order chi connectivity index (χ1) is 14.8. The van der Waals surface area contributed by atoms with Crippen molar-refractivity contribution in [3.63, 3.8) is 0 Å². The third-order valence-electron chi connectivity index (χ3n) is 4.02. The van der Waals surface area contributed by atoms with Crippen molar-refractivity contribution in [2.75, 3.05) is 11.9 Å².